The van der Waals surface area contributed by atoms with Gasteiger partial charge in [0.25, 0.3) is 0 Å². The fraction of sp³-hybridized carbons (Fsp3) is 0.389. The normalized spacial score (nSPS) is 18.6. The highest BCUT2D eigenvalue weighted by atomic mass is 16.5. The van der Waals surface area contributed by atoms with Gasteiger partial charge in [-0.05, 0) is 55.7 Å². The van der Waals surface area contributed by atoms with Crippen LogP contribution in [0.4, 0.5) is 0 Å². The van der Waals surface area contributed by atoms with Crippen molar-refractivity contribution in [3.8, 4) is 0 Å². The van der Waals surface area contributed by atoms with E-state index in [1.165, 1.54) is 11.1 Å². The molecule has 0 radical (unpaired) electrons. The highest BCUT2D eigenvalue weighted by Gasteiger charge is 2.14. The lowest BCUT2D eigenvalue weighted by atomic mass is 10.1. The van der Waals surface area contributed by atoms with Gasteiger partial charge in [-0.1, -0.05) is 36.4 Å². The van der Waals surface area contributed by atoms with Crippen molar-refractivity contribution in [2.45, 2.75) is 39.0 Å². The zero-order chi connectivity index (χ0) is 14.2. The minimum atomic E-state index is -0.200. The second-order valence-electron chi connectivity index (χ2n) is 5.09. The number of allylic oxidation sites excluding steroid dienone is 3. The van der Waals surface area contributed by atoms with E-state index >= 15 is 0 Å². The third-order valence-corrected chi connectivity index (χ3v) is 3.64. The van der Waals surface area contributed by atoms with E-state index in [1.807, 2.05) is 25.1 Å². The van der Waals surface area contributed by atoms with Gasteiger partial charge in [-0.15, -0.1) is 0 Å². The minimum absolute atomic E-state index is 0.200. The summed E-state index contributed by atoms with van der Waals surface area (Å²) in [6.45, 7) is 2.52. The van der Waals surface area contributed by atoms with Crippen LogP contribution in [0.5, 0.6) is 0 Å². The van der Waals surface area contributed by atoms with E-state index in [0.29, 0.717) is 6.61 Å². The van der Waals surface area contributed by atoms with Crippen molar-refractivity contribution in [2.75, 3.05) is 6.61 Å². The van der Waals surface area contributed by atoms with E-state index in [-0.39, 0.29) is 5.97 Å². The monoisotopic (exact) mass is 270 g/mol. The number of hydrogen-bond donors (Lipinski definition) is 0. The Morgan fingerprint density at radius 3 is 2.70 bits per heavy atom. The average molecular weight is 270 g/mol. The van der Waals surface area contributed by atoms with Crippen molar-refractivity contribution in [1.29, 1.82) is 0 Å². The quantitative estimate of drug-likeness (QED) is 0.455. The van der Waals surface area contributed by atoms with E-state index in [0.717, 1.165) is 37.7 Å². The highest BCUT2D eigenvalue weighted by molar-refractivity contribution is 5.83. The van der Waals surface area contributed by atoms with E-state index in [2.05, 4.69) is 18.2 Å². The predicted molar refractivity (Wildman–Crippen MR) is 81.4 cm³/mol. The largest absolute Gasteiger partial charge is 0.463 e. The van der Waals surface area contributed by atoms with Gasteiger partial charge in [-0.25, -0.2) is 4.79 Å². The molecule has 2 heteroatoms. The standard InChI is InChI=1S/C18H22O2/c1-2-16-11-6-12-17(16)14-18(19)20-13-7-10-15-8-4-3-5-9-15/h2-5,8-9,14H,6-7,10-13H2,1H3/b16-2+,17-14+. The SMILES string of the molecule is C/C=C1\CCC\C1=C/C(=O)OCCCc1ccccc1. The van der Waals surface area contributed by atoms with Crippen molar-refractivity contribution in [1.82, 2.24) is 0 Å². The first-order valence-electron chi connectivity index (χ1n) is 7.36. The molecule has 106 valence electrons. The second kappa shape index (κ2) is 7.68. The van der Waals surface area contributed by atoms with Gasteiger partial charge in [0.2, 0.25) is 0 Å². The molecule has 0 spiro atoms. The molecule has 2 rings (SSSR count). The Morgan fingerprint density at radius 2 is 1.95 bits per heavy atom. The maximum atomic E-state index is 11.7. The van der Waals surface area contributed by atoms with Crippen LogP contribution in [0.1, 0.15) is 38.2 Å². The van der Waals surface area contributed by atoms with Crippen molar-refractivity contribution in [2.24, 2.45) is 0 Å². The van der Waals surface area contributed by atoms with Gasteiger partial charge in [0.1, 0.15) is 0 Å². The summed E-state index contributed by atoms with van der Waals surface area (Å²) in [5.74, 6) is -0.200. The molecular formula is C18H22O2. The van der Waals surface area contributed by atoms with Gasteiger partial charge in [-0.2, -0.15) is 0 Å². The van der Waals surface area contributed by atoms with Crippen molar-refractivity contribution in [3.05, 3.63) is 59.2 Å². The van der Waals surface area contributed by atoms with Crippen LogP contribution in [0.25, 0.3) is 0 Å². The Labute approximate surface area is 121 Å². The molecule has 20 heavy (non-hydrogen) atoms. The molecule has 0 aromatic heterocycles. The number of ether oxygens (including phenoxy) is 1. The molecule has 1 fully saturated rings. The molecule has 0 N–H and O–H groups in total. The van der Waals surface area contributed by atoms with Crippen LogP contribution in [0.2, 0.25) is 0 Å². The van der Waals surface area contributed by atoms with Gasteiger partial charge >= 0.3 is 5.97 Å². The lowest BCUT2D eigenvalue weighted by Crippen LogP contribution is -2.04. The molecule has 2 nitrogen and oxygen atoms in total. The number of esters is 1. The summed E-state index contributed by atoms with van der Waals surface area (Å²) >= 11 is 0. The summed E-state index contributed by atoms with van der Waals surface area (Å²) in [6, 6.07) is 10.3. The first-order chi connectivity index (χ1) is 9.79. The van der Waals surface area contributed by atoms with E-state index in [4.69, 9.17) is 4.74 Å². The Kier molecular flexibility index (Phi) is 5.60. The highest BCUT2D eigenvalue weighted by Crippen LogP contribution is 2.29. The first-order valence-corrected chi connectivity index (χ1v) is 7.36. The minimum Gasteiger partial charge on any atom is -0.463 e. The Bertz CT molecular complexity index is 497. The molecule has 0 bridgehead atoms. The molecule has 0 amide bonds. The van der Waals surface area contributed by atoms with Crippen molar-refractivity contribution in [3.63, 3.8) is 0 Å². The fourth-order valence-electron chi connectivity index (χ4n) is 2.56. The lowest BCUT2D eigenvalue weighted by molar-refractivity contribution is -0.137. The maximum absolute atomic E-state index is 11.7. The van der Waals surface area contributed by atoms with Gasteiger partial charge in [0.05, 0.1) is 6.61 Å². The number of carbonyl (C=O) groups excluding carboxylic acids is 1. The summed E-state index contributed by atoms with van der Waals surface area (Å²) in [6.07, 6.45) is 8.82. The molecule has 0 aliphatic heterocycles. The van der Waals surface area contributed by atoms with Crippen molar-refractivity contribution >= 4 is 5.97 Å². The lowest BCUT2D eigenvalue weighted by Gasteiger charge is -2.04. The molecular weight excluding hydrogens is 248 g/mol. The van der Waals surface area contributed by atoms with Crippen LogP contribution in [0.15, 0.2) is 53.6 Å². The molecule has 0 heterocycles. The Balaban J connectivity index is 1.72. The zero-order valence-electron chi connectivity index (χ0n) is 12.1. The molecule has 1 aromatic carbocycles. The van der Waals surface area contributed by atoms with Gasteiger partial charge in [0, 0.05) is 6.08 Å². The Morgan fingerprint density at radius 1 is 1.20 bits per heavy atom. The second-order valence-corrected chi connectivity index (χ2v) is 5.09. The Hall–Kier alpha value is -1.83. The number of aryl methyl sites for hydroxylation is 1. The number of benzene rings is 1. The summed E-state index contributed by atoms with van der Waals surface area (Å²) in [5.41, 5.74) is 3.74. The summed E-state index contributed by atoms with van der Waals surface area (Å²) in [5, 5.41) is 0. The van der Waals surface area contributed by atoms with Crippen LogP contribution >= 0.6 is 0 Å². The predicted octanol–water partition coefficient (Wildman–Crippen LogP) is 4.22. The van der Waals surface area contributed by atoms with Gasteiger partial charge in [-0.3, -0.25) is 0 Å². The molecule has 1 aliphatic carbocycles. The number of carbonyl (C=O) groups is 1. The summed E-state index contributed by atoms with van der Waals surface area (Å²) in [7, 11) is 0. The average Bonchev–Trinajstić information content (AvgIpc) is 2.92. The van der Waals surface area contributed by atoms with E-state index < -0.39 is 0 Å². The van der Waals surface area contributed by atoms with E-state index in [9.17, 15) is 4.79 Å². The van der Waals surface area contributed by atoms with Crippen LogP contribution in [-0.4, -0.2) is 12.6 Å². The maximum Gasteiger partial charge on any atom is 0.331 e. The number of hydrogen-bond acceptors (Lipinski definition) is 2. The molecule has 0 unspecified atom stereocenters. The number of rotatable bonds is 5. The van der Waals surface area contributed by atoms with Crippen LogP contribution in [-0.2, 0) is 16.0 Å². The molecule has 1 saturated carbocycles. The smallest absolute Gasteiger partial charge is 0.331 e. The van der Waals surface area contributed by atoms with Crippen LogP contribution < -0.4 is 0 Å². The van der Waals surface area contributed by atoms with Gasteiger partial charge < -0.3 is 4.74 Å². The van der Waals surface area contributed by atoms with E-state index in [1.54, 1.807) is 6.08 Å². The van der Waals surface area contributed by atoms with Crippen LogP contribution in [0, 0.1) is 0 Å². The third-order valence-electron chi connectivity index (χ3n) is 3.64. The van der Waals surface area contributed by atoms with Crippen LogP contribution in [0.3, 0.4) is 0 Å². The molecule has 1 aromatic rings. The topological polar surface area (TPSA) is 26.3 Å². The first kappa shape index (κ1) is 14.6. The third kappa shape index (κ3) is 4.37. The fourth-order valence-corrected chi connectivity index (χ4v) is 2.56. The molecule has 0 saturated heterocycles. The summed E-state index contributed by atoms with van der Waals surface area (Å²) < 4.78 is 5.28. The van der Waals surface area contributed by atoms with Gasteiger partial charge in [0.15, 0.2) is 0 Å². The molecule has 0 atom stereocenters. The summed E-state index contributed by atoms with van der Waals surface area (Å²) in [4.78, 5) is 11.7. The molecule has 1 aliphatic rings. The zero-order valence-corrected chi connectivity index (χ0v) is 12.1. The van der Waals surface area contributed by atoms with Crippen molar-refractivity contribution < 1.29 is 9.53 Å².